The molecule has 0 spiro atoms. The molecule has 1 atom stereocenters. The molecular formula is C23H30N4O+2. The molecule has 0 unspecified atom stereocenters. The first kappa shape index (κ1) is 18.8. The highest BCUT2D eigenvalue weighted by molar-refractivity contribution is 5.53. The van der Waals surface area contributed by atoms with Crippen LogP contribution in [-0.2, 0) is 6.54 Å². The SMILES string of the molecule is Cc1cccc(C[NH+]2CC[NH+]([C@@H](C)c3nnc(-c4cccc(C)c4)o3)CC2)c1. The van der Waals surface area contributed by atoms with Gasteiger partial charge in [0.2, 0.25) is 5.89 Å². The van der Waals surface area contributed by atoms with Gasteiger partial charge in [-0.15, -0.1) is 10.2 Å². The summed E-state index contributed by atoms with van der Waals surface area (Å²) in [6.07, 6.45) is 0. The van der Waals surface area contributed by atoms with Crippen LogP contribution in [0.2, 0.25) is 0 Å². The summed E-state index contributed by atoms with van der Waals surface area (Å²) in [4.78, 5) is 3.19. The Bertz CT molecular complexity index is 928. The maximum atomic E-state index is 6.03. The maximum Gasteiger partial charge on any atom is 0.274 e. The van der Waals surface area contributed by atoms with Crippen LogP contribution in [0.1, 0.15) is 35.5 Å². The first-order valence-corrected chi connectivity index (χ1v) is 10.2. The van der Waals surface area contributed by atoms with Crippen molar-refractivity contribution >= 4 is 0 Å². The lowest BCUT2D eigenvalue weighted by molar-refractivity contribution is -1.03. The van der Waals surface area contributed by atoms with Gasteiger partial charge in [0.05, 0.1) is 0 Å². The van der Waals surface area contributed by atoms with Gasteiger partial charge in [0, 0.05) is 11.1 Å². The zero-order chi connectivity index (χ0) is 19.5. The topological polar surface area (TPSA) is 47.8 Å². The molecule has 0 radical (unpaired) electrons. The van der Waals surface area contributed by atoms with E-state index in [0.29, 0.717) is 5.89 Å². The molecule has 2 N–H and O–H groups in total. The molecule has 4 rings (SSSR count). The number of hydrogen-bond donors (Lipinski definition) is 2. The molecule has 5 nitrogen and oxygen atoms in total. The van der Waals surface area contributed by atoms with Gasteiger partial charge in [-0.1, -0.05) is 47.5 Å². The average Bonchev–Trinajstić information content (AvgIpc) is 3.18. The lowest BCUT2D eigenvalue weighted by Gasteiger charge is -2.32. The fraction of sp³-hybridized carbons (Fsp3) is 0.391. The number of piperazine rings is 1. The highest BCUT2D eigenvalue weighted by Crippen LogP contribution is 2.20. The predicted molar refractivity (Wildman–Crippen MR) is 109 cm³/mol. The minimum atomic E-state index is 0.228. The third-order valence-corrected chi connectivity index (χ3v) is 5.82. The number of hydrogen-bond acceptors (Lipinski definition) is 3. The first-order valence-electron chi connectivity index (χ1n) is 10.2. The molecule has 2 aromatic carbocycles. The van der Waals surface area contributed by atoms with Crippen LogP contribution in [0, 0.1) is 13.8 Å². The molecule has 1 aliphatic heterocycles. The van der Waals surface area contributed by atoms with Crippen LogP contribution in [-0.4, -0.2) is 36.4 Å². The summed E-state index contributed by atoms with van der Waals surface area (Å²) in [5.41, 5.74) is 4.97. The first-order chi connectivity index (χ1) is 13.6. The van der Waals surface area contributed by atoms with Crippen LogP contribution in [0.5, 0.6) is 0 Å². The second-order valence-electron chi connectivity index (χ2n) is 8.11. The summed E-state index contributed by atoms with van der Waals surface area (Å²) in [6, 6.07) is 17.3. The van der Waals surface area contributed by atoms with E-state index in [-0.39, 0.29) is 6.04 Å². The zero-order valence-electron chi connectivity index (χ0n) is 17.0. The molecule has 1 saturated heterocycles. The number of aromatic nitrogens is 2. The molecule has 0 bridgehead atoms. The van der Waals surface area contributed by atoms with Gasteiger partial charge < -0.3 is 14.2 Å². The average molecular weight is 379 g/mol. The lowest BCUT2D eigenvalue weighted by Crippen LogP contribution is -3.27. The zero-order valence-corrected chi connectivity index (χ0v) is 17.0. The van der Waals surface area contributed by atoms with Gasteiger partial charge in [-0.25, -0.2) is 0 Å². The second-order valence-corrected chi connectivity index (χ2v) is 8.11. The fourth-order valence-corrected chi connectivity index (χ4v) is 4.12. The Balaban J connectivity index is 1.36. The highest BCUT2D eigenvalue weighted by Gasteiger charge is 2.31. The number of quaternary nitrogens is 2. The van der Waals surface area contributed by atoms with E-state index in [1.165, 1.54) is 34.7 Å². The molecular weight excluding hydrogens is 348 g/mol. The predicted octanol–water partition coefficient (Wildman–Crippen LogP) is 1.40. The minimum Gasteiger partial charge on any atom is -0.415 e. The smallest absolute Gasteiger partial charge is 0.274 e. The Kier molecular flexibility index (Phi) is 5.55. The molecule has 1 aliphatic rings. The number of aryl methyl sites for hydroxylation is 2. The lowest BCUT2D eigenvalue weighted by atomic mass is 10.1. The van der Waals surface area contributed by atoms with Gasteiger partial charge in [-0.3, -0.25) is 0 Å². The standard InChI is InChI=1S/C23H28N4O/c1-17-6-4-8-20(14-17)16-26-10-12-27(13-11-26)19(3)22-24-25-23(28-22)21-9-5-7-18(2)15-21/h4-9,14-15,19H,10-13,16H2,1-3H3/p+2/t19-/m0/s1. The molecule has 0 aliphatic carbocycles. The highest BCUT2D eigenvalue weighted by atomic mass is 16.4. The van der Waals surface area contributed by atoms with Crippen LogP contribution in [0.4, 0.5) is 0 Å². The molecule has 1 fully saturated rings. The Morgan fingerprint density at radius 3 is 2.36 bits per heavy atom. The van der Waals surface area contributed by atoms with Crippen molar-refractivity contribution in [1.82, 2.24) is 10.2 Å². The second kappa shape index (κ2) is 8.25. The van der Waals surface area contributed by atoms with E-state index in [1.807, 2.05) is 12.1 Å². The maximum absolute atomic E-state index is 6.03. The quantitative estimate of drug-likeness (QED) is 0.706. The monoisotopic (exact) mass is 378 g/mol. The van der Waals surface area contributed by atoms with Crippen molar-refractivity contribution in [2.75, 3.05) is 26.2 Å². The van der Waals surface area contributed by atoms with Gasteiger partial charge >= 0.3 is 0 Å². The molecule has 2 heterocycles. The van der Waals surface area contributed by atoms with E-state index in [2.05, 4.69) is 67.4 Å². The van der Waals surface area contributed by atoms with Gasteiger partial charge in [0.15, 0.2) is 6.04 Å². The Hall–Kier alpha value is -2.50. The summed E-state index contributed by atoms with van der Waals surface area (Å²) in [5, 5.41) is 8.64. The van der Waals surface area contributed by atoms with Crippen LogP contribution in [0.15, 0.2) is 52.9 Å². The third-order valence-electron chi connectivity index (χ3n) is 5.82. The van der Waals surface area contributed by atoms with E-state index in [0.717, 1.165) is 31.1 Å². The van der Waals surface area contributed by atoms with Crippen molar-refractivity contribution in [3.05, 3.63) is 71.1 Å². The van der Waals surface area contributed by atoms with Crippen molar-refractivity contribution in [3.63, 3.8) is 0 Å². The Morgan fingerprint density at radius 1 is 0.929 bits per heavy atom. The molecule has 3 aromatic rings. The summed E-state index contributed by atoms with van der Waals surface area (Å²) in [7, 11) is 0. The summed E-state index contributed by atoms with van der Waals surface area (Å²) >= 11 is 0. The van der Waals surface area contributed by atoms with Crippen molar-refractivity contribution in [2.45, 2.75) is 33.4 Å². The third kappa shape index (κ3) is 4.32. The van der Waals surface area contributed by atoms with Crippen LogP contribution in [0.25, 0.3) is 11.5 Å². The number of rotatable bonds is 5. The van der Waals surface area contributed by atoms with Crippen LogP contribution >= 0.6 is 0 Å². The molecule has 1 aromatic heterocycles. The Morgan fingerprint density at radius 2 is 1.64 bits per heavy atom. The molecule has 28 heavy (non-hydrogen) atoms. The van der Waals surface area contributed by atoms with E-state index in [9.17, 15) is 0 Å². The number of nitrogens with one attached hydrogen (secondary N) is 2. The van der Waals surface area contributed by atoms with Crippen molar-refractivity contribution in [3.8, 4) is 11.5 Å². The molecule has 146 valence electrons. The summed E-state index contributed by atoms with van der Waals surface area (Å²) in [5.74, 6) is 1.36. The molecule has 0 saturated carbocycles. The summed E-state index contributed by atoms with van der Waals surface area (Å²) in [6.45, 7) is 12.2. The van der Waals surface area contributed by atoms with E-state index >= 15 is 0 Å². The minimum absolute atomic E-state index is 0.228. The van der Waals surface area contributed by atoms with Crippen molar-refractivity contribution < 1.29 is 14.2 Å². The van der Waals surface area contributed by atoms with Crippen molar-refractivity contribution in [2.24, 2.45) is 0 Å². The van der Waals surface area contributed by atoms with E-state index < -0.39 is 0 Å². The van der Waals surface area contributed by atoms with E-state index in [4.69, 9.17) is 4.42 Å². The fourth-order valence-electron chi connectivity index (χ4n) is 4.12. The Labute approximate surface area is 167 Å². The van der Waals surface area contributed by atoms with Crippen molar-refractivity contribution in [1.29, 1.82) is 0 Å². The van der Waals surface area contributed by atoms with Gasteiger partial charge in [-0.2, -0.15) is 0 Å². The van der Waals surface area contributed by atoms with Gasteiger partial charge in [-0.05, 0) is 32.9 Å². The van der Waals surface area contributed by atoms with Crippen LogP contribution < -0.4 is 9.80 Å². The molecule has 0 amide bonds. The normalized spacial score (nSPS) is 20.8. The number of nitrogens with zero attached hydrogens (tertiary/aromatic N) is 2. The summed E-state index contributed by atoms with van der Waals surface area (Å²) < 4.78 is 6.03. The van der Waals surface area contributed by atoms with Crippen LogP contribution in [0.3, 0.4) is 0 Å². The van der Waals surface area contributed by atoms with Gasteiger partial charge in [0.1, 0.15) is 32.7 Å². The number of benzene rings is 2. The largest absolute Gasteiger partial charge is 0.415 e. The molecule has 5 heteroatoms. The van der Waals surface area contributed by atoms with Gasteiger partial charge in [0.25, 0.3) is 5.89 Å². The van der Waals surface area contributed by atoms with E-state index in [1.54, 1.807) is 4.90 Å².